The van der Waals surface area contributed by atoms with E-state index in [-0.39, 0.29) is 36.2 Å². The lowest BCUT2D eigenvalue weighted by Crippen LogP contribution is -2.57. The Bertz CT molecular complexity index is 736. The smallest absolute Gasteiger partial charge is 0.328 e. The predicted octanol–water partition coefficient (Wildman–Crippen LogP) is 3.12. The Morgan fingerprint density at radius 3 is 2.16 bits per heavy atom. The molecule has 7 nitrogen and oxygen atoms in total. The van der Waals surface area contributed by atoms with Crippen molar-refractivity contribution in [2.24, 2.45) is 23.5 Å². The molecule has 4 atom stereocenters. The zero-order valence-corrected chi connectivity index (χ0v) is 20.6. The first kappa shape index (κ1) is 27.6. The van der Waals surface area contributed by atoms with Crippen LogP contribution in [-0.4, -0.2) is 47.9 Å². The van der Waals surface area contributed by atoms with Gasteiger partial charge in [0, 0.05) is 7.05 Å². The highest BCUT2D eigenvalue weighted by molar-refractivity contribution is 5.92. The normalized spacial score (nSPS) is 15.1. The highest BCUT2D eigenvalue weighted by Crippen LogP contribution is 2.16. The topological polar surface area (TPSA) is 102 Å². The first-order chi connectivity index (χ1) is 15.0. The number of carbonyl (C=O) groups is 3. The summed E-state index contributed by atoms with van der Waals surface area (Å²) in [5.41, 5.74) is 7.00. The van der Waals surface area contributed by atoms with E-state index in [1.165, 1.54) is 4.90 Å². The third-order valence-corrected chi connectivity index (χ3v) is 5.74. The quantitative estimate of drug-likeness (QED) is 0.479. The van der Waals surface area contributed by atoms with E-state index >= 15 is 0 Å². The second-order valence-electron chi connectivity index (χ2n) is 9.33. The van der Waals surface area contributed by atoms with Crippen molar-refractivity contribution < 1.29 is 19.1 Å². The van der Waals surface area contributed by atoms with E-state index in [0.29, 0.717) is 6.42 Å². The van der Waals surface area contributed by atoms with Gasteiger partial charge in [-0.25, -0.2) is 4.79 Å². The van der Waals surface area contributed by atoms with Gasteiger partial charge in [0.1, 0.15) is 18.7 Å². The molecule has 1 unspecified atom stereocenters. The van der Waals surface area contributed by atoms with Gasteiger partial charge in [0.15, 0.2) is 0 Å². The fraction of sp³-hybridized carbons (Fsp3) is 0.640. The maximum Gasteiger partial charge on any atom is 0.328 e. The molecule has 1 rings (SSSR count). The Morgan fingerprint density at radius 1 is 1.06 bits per heavy atom. The van der Waals surface area contributed by atoms with Crippen LogP contribution in [0.25, 0.3) is 0 Å². The van der Waals surface area contributed by atoms with Gasteiger partial charge in [-0.1, -0.05) is 78.3 Å². The van der Waals surface area contributed by atoms with Crippen molar-refractivity contribution in [3.63, 3.8) is 0 Å². The molecule has 2 amide bonds. The average Bonchev–Trinajstić information content (AvgIpc) is 2.75. The number of hydrogen-bond donors (Lipinski definition) is 2. The molecular weight excluding hydrogens is 406 g/mol. The molecule has 0 fully saturated rings. The molecule has 180 valence electrons. The van der Waals surface area contributed by atoms with Gasteiger partial charge in [0.2, 0.25) is 11.8 Å². The zero-order chi connectivity index (χ0) is 24.4. The minimum Gasteiger partial charge on any atom is -0.459 e. The van der Waals surface area contributed by atoms with Crippen molar-refractivity contribution in [2.75, 3.05) is 7.05 Å². The Hall–Kier alpha value is -2.41. The molecule has 0 radical (unpaired) electrons. The van der Waals surface area contributed by atoms with Crippen LogP contribution in [0, 0.1) is 17.8 Å². The standard InChI is InChI=1S/C25H41N3O4/c1-8-18(6)21(26)24(30)28(7)22(17(4)5)23(29)27-20(14-16(2)3)25(31)32-15-19-12-10-9-11-13-19/h9-13,16-18,20-22H,8,14-15,26H2,1-7H3,(H,27,29)/t18?,20-,21-,22-/m0/s1. The SMILES string of the molecule is CCC(C)[C@H](N)C(=O)N(C)[C@H](C(=O)N[C@@H](CC(C)C)C(=O)OCc1ccccc1)C(C)C. The van der Waals surface area contributed by atoms with E-state index in [1.54, 1.807) is 7.05 Å². The third kappa shape index (κ3) is 8.26. The first-order valence-electron chi connectivity index (χ1n) is 11.5. The van der Waals surface area contributed by atoms with Crippen LogP contribution in [0.15, 0.2) is 30.3 Å². The summed E-state index contributed by atoms with van der Waals surface area (Å²) in [6, 6.07) is 7.18. The van der Waals surface area contributed by atoms with Crippen LogP contribution in [0.1, 0.15) is 59.9 Å². The number of ether oxygens (including phenoxy) is 1. The van der Waals surface area contributed by atoms with Crippen LogP contribution >= 0.6 is 0 Å². The largest absolute Gasteiger partial charge is 0.459 e. The van der Waals surface area contributed by atoms with Gasteiger partial charge >= 0.3 is 5.97 Å². The number of nitrogens with zero attached hydrogens (tertiary/aromatic N) is 1. The summed E-state index contributed by atoms with van der Waals surface area (Å²) in [5, 5.41) is 2.84. The van der Waals surface area contributed by atoms with Crippen molar-refractivity contribution in [3.05, 3.63) is 35.9 Å². The minimum atomic E-state index is -0.792. The maximum absolute atomic E-state index is 13.2. The monoisotopic (exact) mass is 447 g/mol. The second-order valence-corrected chi connectivity index (χ2v) is 9.33. The second kappa shape index (κ2) is 13.2. The molecule has 0 aliphatic carbocycles. The Balaban J connectivity index is 2.94. The molecule has 0 bridgehead atoms. The molecule has 0 spiro atoms. The van der Waals surface area contributed by atoms with Crippen molar-refractivity contribution in [1.82, 2.24) is 10.2 Å². The molecule has 0 saturated heterocycles. The van der Waals surface area contributed by atoms with E-state index in [2.05, 4.69) is 5.32 Å². The van der Waals surface area contributed by atoms with Gasteiger partial charge in [0.05, 0.1) is 6.04 Å². The zero-order valence-electron chi connectivity index (χ0n) is 20.6. The lowest BCUT2D eigenvalue weighted by molar-refractivity contribution is -0.151. The van der Waals surface area contributed by atoms with Crippen molar-refractivity contribution >= 4 is 17.8 Å². The fourth-order valence-electron chi connectivity index (χ4n) is 3.57. The highest BCUT2D eigenvalue weighted by Gasteiger charge is 2.35. The Kier molecular flexibility index (Phi) is 11.4. The van der Waals surface area contributed by atoms with E-state index in [0.717, 1.165) is 12.0 Å². The minimum absolute atomic E-state index is 0.00229. The average molecular weight is 448 g/mol. The van der Waals surface area contributed by atoms with Gasteiger partial charge in [-0.2, -0.15) is 0 Å². The molecule has 0 aliphatic heterocycles. The molecule has 7 heteroatoms. The lowest BCUT2D eigenvalue weighted by Gasteiger charge is -2.34. The van der Waals surface area contributed by atoms with Crippen LogP contribution < -0.4 is 11.1 Å². The molecule has 1 aromatic rings. The number of nitrogens with two attached hydrogens (primary N) is 1. The van der Waals surface area contributed by atoms with Gasteiger partial charge in [-0.15, -0.1) is 0 Å². The van der Waals surface area contributed by atoms with Crippen molar-refractivity contribution in [1.29, 1.82) is 0 Å². The van der Waals surface area contributed by atoms with Crippen LogP contribution in [0.4, 0.5) is 0 Å². The number of amides is 2. The molecule has 3 N–H and O–H groups in total. The molecule has 0 aliphatic rings. The number of likely N-dealkylation sites (N-methyl/N-ethyl adjacent to an activating group) is 1. The molecule has 0 aromatic heterocycles. The maximum atomic E-state index is 13.2. The molecule has 1 aromatic carbocycles. The Morgan fingerprint density at radius 2 is 1.66 bits per heavy atom. The van der Waals surface area contributed by atoms with Crippen LogP contribution in [0.5, 0.6) is 0 Å². The van der Waals surface area contributed by atoms with Crippen molar-refractivity contribution in [3.8, 4) is 0 Å². The number of carbonyl (C=O) groups excluding carboxylic acids is 3. The molecule has 0 heterocycles. The lowest BCUT2D eigenvalue weighted by atomic mass is 9.95. The van der Waals surface area contributed by atoms with E-state index in [1.807, 2.05) is 71.9 Å². The highest BCUT2D eigenvalue weighted by atomic mass is 16.5. The summed E-state index contributed by atoms with van der Waals surface area (Å²) in [4.78, 5) is 40.3. The summed E-state index contributed by atoms with van der Waals surface area (Å²) in [6.07, 6.45) is 1.21. The number of rotatable bonds is 12. The van der Waals surface area contributed by atoms with Gasteiger partial charge in [-0.05, 0) is 29.7 Å². The third-order valence-electron chi connectivity index (χ3n) is 5.74. The first-order valence-corrected chi connectivity index (χ1v) is 11.5. The predicted molar refractivity (Wildman–Crippen MR) is 126 cm³/mol. The number of benzene rings is 1. The molecular formula is C25H41N3O4. The summed E-state index contributed by atoms with van der Waals surface area (Å²) in [7, 11) is 1.60. The van der Waals surface area contributed by atoms with E-state index in [9.17, 15) is 14.4 Å². The summed E-state index contributed by atoms with van der Waals surface area (Å²) in [5.74, 6) is -1.13. The van der Waals surface area contributed by atoms with E-state index < -0.39 is 24.1 Å². The van der Waals surface area contributed by atoms with Crippen LogP contribution in [0.3, 0.4) is 0 Å². The fourth-order valence-corrected chi connectivity index (χ4v) is 3.57. The summed E-state index contributed by atoms with van der Waals surface area (Å²) < 4.78 is 5.47. The summed E-state index contributed by atoms with van der Waals surface area (Å²) >= 11 is 0. The van der Waals surface area contributed by atoms with Crippen LogP contribution in [0.2, 0.25) is 0 Å². The van der Waals surface area contributed by atoms with Gasteiger partial charge in [0.25, 0.3) is 0 Å². The van der Waals surface area contributed by atoms with Gasteiger partial charge < -0.3 is 20.7 Å². The van der Waals surface area contributed by atoms with Crippen molar-refractivity contribution in [2.45, 2.75) is 79.1 Å². The number of hydrogen-bond acceptors (Lipinski definition) is 5. The summed E-state index contributed by atoms with van der Waals surface area (Å²) in [6.45, 7) is 11.7. The number of esters is 1. The van der Waals surface area contributed by atoms with Gasteiger partial charge in [-0.3, -0.25) is 9.59 Å². The molecule has 0 saturated carbocycles. The number of nitrogens with one attached hydrogen (secondary N) is 1. The molecule has 32 heavy (non-hydrogen) atoms. The van der Waals surface area contributed by atoms with Crippen LogP contribution in [-0.2, 0) is 25.7 Å². The van der Waals surface area contributed by atoms with E-state index in [4.69, 9.17) is 10.5 Å². The Labute approximate surface area is 193 Å².